The molecule has 4 heteroatoms. The zero-order valence-electron chi connectivity index (χ0n) is 4.82. The zero-order valence-corrected chi connectivity index (χ0v) is 4.82. The van der Waals surface area contributed by atoms with E-state index in [0.717, 1.165) is 5.69 Å². The third-order valence-corrected chi connectivity index (χ3v) is 0.874. The van der Waals surface area contributed by atoms with Crippen molar-refractivity contribution in [3.8, 4) is 0 Å². The Labute approximate surface area is 52.6 Å². The first-order valence-corrected chi connectivity index (χ1v) is 2.50. The van der Waals surface area contributed by atoms with Crippen LogP contribution in [-0.2, 0) is 11.4 Å². The van der Waals surface area contributed by atoms with Crippen LogP contribution in [0.3, 0.4) is 0 Å². The predicted molar refractivity (Wildman–Crippen MR) is 31.0 cm³/mol. The number of nitrogens with two attached hydrogens (primary N) is 1. The summed E-state index contributed by atoms with van der Waals surface area (Å²) in [5.41, 5.74) is 0.785. The first kappa shape index (κ1) is 6.12. The highest BCUT2D eigenvalue weighted by molar-refractivity contribution is 4.94. The van der Waals surface area contributed by atoms with Crippen LogP contribution in [0.25, 0.3) is 0 Å². The van der Waals surface area contributed by atoms with Gasteiger partial charge in [-0.05, 0) is 6.07 Å². The Bertz CT molecular complexity index is 165. The van der Waals surface area contributed by atoms with E-state index in [0.29, 0.717) is 6.61 Å². The fourth-order valence-corrected chi connectivity index (χ4v) is 0.489. The van der Waals surface area contributed by atoms with Gasteiger partial charge in [0.2, 0.25) is 0 Å². The lowest BCUT2D eigenvalue weighted by atomic mass is 10.4. The van der Waals surface area contributed by atoms with Crippen LogP contribution in [0, 0.1) is 0 Å². The van der Waals surface area contributed by atoms with Crippen molar-refractivity contribution < 1.29 is 4.84 Å². The molecule has 0 saturated carbocycles. The van der Waals surface area contributed by atoms with Gasteiger partial charge in [-0.1, -0.05) is 0 Å². The predicted octanol–water partition coefficient (Wildman–Crippen LogP) is -0.133. The standard InChI is InChI=1S/C5H7N3O/c6-9-3-5-1-2-7-4-8-5/h1-2,4H,3,6H2. The van der Waals surface area contributed by atoms with Crippen molar-refractivity contribution in [2.75, 3.05) is 0 Å². The molecule has 9 heavy (non-hydrogen) atoms. The van der Waals surface area contributed by atoms with Crippen LogP contribution >= 0.6 is 0 Å². The molecule has 0 aromatic carbocycles. The van der Waals surface area contributed by atoms with Crippen molar-refractivity contribution >= 4 is 0 Å². The van der Waals surface area contributed by atoms with Gasteiger partial charge in [0, 0.05) is 6.20 Å². The Balaban J connectivity index is 2.61. The largest absolute Gasteiger partial charge is 0.298 e. The van der Waals surface area contributed by atoms with E-state index < -0.39 is 0 Å². The molecule has 1 aromatic heterocycles. The summed E-state index contributed by atoms with van der Waals surface area (Å²) in [6.07, 6.45) is 3.09. The number of hydrogen-bond acceptors (Lipinski definition) is 4. The summed E-state index contributed by atoms with van der Waals surface area (Å²) in [4.78, 5) is 11.9. The van der Waals surface area contributed by atoms with E-state index in [9.17, 15) is 0 Å². The van der Waals surface area contributed by atoms with Gasteiger partial charge in [-0.2, -0.15) is 0 Å². The fraction of sp³-hybridized carbons (Fsp3) is 0.200. The van der Waals surface area contributed by atoms with Crippen LogP contribution in [0.15, 0.2) is 18.6 Å². The summed E-state index contributed by atoms with van der Waals surface area (Å²) in [5.74, 6) is 4.80. The molecule has 0 aliphatic rings. The smallest absolute Gasteiger partial charge is 0.115 e. The Morgan fingerprint density at radius 2 is 2.56 bits per heavy atom. The van der Waals surface area contributed by atoms with Gasteiger partial charge in [-0.25, -0.2) is 15.9 Å². The summed E-state index contributed by atoms with van der Waals surface area (Å²) in [6, 6.07) is 1.74. The van der Waals surface area contributed by atoms with Crippen molar-refractivity contribution in [1.29, 1.82) is 0 Å². The Morgan fingerprint density at radius 1 is 1.67 bits per heavy atom. The van der Waals surface area contributed by atoms with E-state index in [-0.39, 0.29) is 0 Å². The average Bonchev–Trinajstić information content (AvgIpc) is 1.91. The van der Waals surface area contributed by atoms with E-state index in [1.54, 1.807) is 12.3 Å². The van der Waals surface area contributed by atoms with E-state index in [1.165, 1.54) is 6.33 Å². The van der Waals surface area contributed by atoms with Gasteiger partial charge in [0.25, 0.3) is 0 Å². The molecule has 0 atom stereocenters. The molecule has 1 heterocycles. The SMILES string of the molecule is NOCc1ccncn1. The maximum atomic E-state index is 4.80. The molecule has 4 nitrogen and oxygen atoms in total. The number of aromatic nitrogens is 2. The lowest BCUT2D eigenvalue weighted by Gasteiger charge is -1.93. The van der Waals surface area contributed by atoms with Gasteiger partial charge in [0.1, 0.15) is 12.9 Å². The minimum absolute atomic E-state index is 0.336. The number of rotatable bonds is 2. The quantitative estimate of drug-likeness (QED) is 0.559. The molecule has 0 amide bonds. The van der Waals surface area contributed by atoms with Crippen LogP contribution in [0.5, 0.6) is 0 Å². The first-order chi connectivity index (χ1) is 4.43. The number of hydrogen-bond donors (Lipinski definition) is 1. The maximum Gasteiger partial charge on any atom is 0.115 e. The van der Waals surface area contributed by atoms with Crippen molar-refractivity contribution in [3.63, 3.8) is 0 Å². The van der Waals surface area contributed by atoms with E-state index >= 15 is 0 Å². The van der Waals surface area contributed by atoms with Crippen LogP contribution in [0.4, 0.5) is 0 Å². The fourth-order valence-electron chi connectivity index (χ4n) is 0.489. The minimum atomic E-state index is 0.336. The molecule has 48 valence electrons. The third kappa shape index (κ3) is 1.75. The van der Waals surface area contributed by atoms with Crippen molar-refractivity contribution in [2.45, 2.75) is 6.61 Å². The average molecular weight is 125 g/mol. The molecule has 0 spiro atoms. The van der Waals surface area contributed by atoms with E-state index in [1.807, 2.05) is 0 Å². The van der Waals surface area contributed by atoms with Gasteiger partial charge in [-0.3, -0.25) is 4.84 Å². The molecule has 1 aromatic rings. The monoisotopic (exact) mass is 125 g/mol. The molecule has 0 unspecified atom stereocenters. The lowest BCUT2D eigenvalue weighted by Crippen LogP contribution is -2.00. The van der Waals surface area contributed by atoms with Gasteiger partial charge in [-0.15, -0.1) is 0 Å². The van der Waals surface area contributed by atoms with Crippen molar-refractivity contribution in [3.05, 3.63) is 24.3 Å². The zero-order chi connectivity index (χ0) is 6.53. The van der Waals surface area contributed by atoms with Gasteiger partial charge >= 0.3 is 0 Å². The van der Waals surface area contributed by atoms with Crippen LogP contribution in [-0.4, -0.2) is 9.97 Å². The Kier molecular flexibility index (Phi) is 2.12. The van der Waals surface area contributed by atoms with E-state index in [4.69, 9.17) is 5.90 Å². The van der Waals surface area contributed by atoms with Gasteiger partial charge in [0.05, 0.1) is 5.69 Å². The topological polar surface area (TPSA) is 61.0 Å². The molecule has 1 rings (SSSR count). The van der Waals surface area contributed by atoms with Gasteiger partial charge in [0.15, 0.2) is 0 Å². The molecular formula is C5H7N3O. The summed E-state index contributed by atoms with van der Waals surface area (Å²) in [5, 5.41) is 0. The van der Waals surface area contributed by atoms with Crippen LogP contribution < -0.4 is 5.90 Å². The number of nitrogens with zero attached hydrogens (tertiary/aromatic N) is 2. The summed E-state index contributed by atoms with van der Waals surface area (Å²) in [7, 11) is 0. The third-order valence-electron chi connectivity index (χ3n) is 0.874. The van der Waals surface area contributed by atoms with E-state index in [2.05, 4.69) is 14.8 Å². The molecule has 2 N–H and O–H groups in total. The minimum Gasteiger partial charge on any atom is -0.298 e. The van der Waals surface area contributed by atoms with Crippen molar-refractivity contribution in [2.24, 2.45) is 5.90 Å². The second-order valence-electron chi connectivity index (χ2n) is 1.51. The molecule has 0 saturated heterocycles. The summed E-state index contributed by atoms with van der Waals surface area (Å²) >= 11 is 0. The first-order valence-electron chi connectivity index (χ1n) is 2.50. The molecule has 0 aliphatic carbocycles. The Hall–Kier alpha value is -1.00. The van der Waals surface area contributed by atoms with Crippen LogP contribution in [0.1, 0.15) is 5.69 Å². The highest BCUT2D eigenvalue weighted by Crippen LogP contribution is 1.89. The van der Waals surface area contributed by atoms with Gasteiger partial charge < -0.3 is 0 Å². The van der Waals surface area contributed by atoms with Crippen LogP contribution in [0.2, 0.25) is 0 Å². The second kappa shape index (κ2) is 3.11. The highest BCUT2D eigenvalue weighted by Gasteiger charge is 1.87. The second-order valence-corrected chi connectivity index (χ2v) is 1.51. The molecule has 0 fully saturated rings. The molecule has 0 radical (unpaired) electrons. The summed E-state index contributed by atoms with van der Waals surface area (Å²) < 4.78 is 0. The molecule has 0 aliphatic heterocycles. The lowest BCUT2D eigenvalue weighted by molar-refractivity contribution is 0.121. The normalized spacial score (nSPS) is 9.44. The Morgan fingerprint density at radius 3 is 3.11 bits per heavy atom. The molecular weight excluding hydrogens is 118 g/mol. The maximum absolute atomic E-state index is 4.80. The summed E-state index contributed by atoms with van der Waals surface area (Å²) in [6.45, 7) is 0.336. The van der Waals surface area contributed by atoms with Crippen molar-refractivity contribution in [1.82, 2.24) is 9.97 Å². The molecule has 0 bridgehead atoms. The highest BCUT2D eigenvalue weighted by atomic mass is 16.6.